The molecule has 132 valence electrons. The Morgan fingerprint density at radius 1 is 1.20 bits per heavy atom. The Hall–Kier alpha value is -2.09. The second kappa shape index (κ2) is 7.86. The average Bonchev–Trinajstić information content (AvgIpc) is 3.07. The van der Waals surface area contributed by atoms with Crippen molar-refractivity contribution in [3.63, 3.8) is 0 Å². The molecule has 0 amide bonds. The quantitative estimate of drug-likeness (QED) is 0.439. The van der Waals surface area contributed by atoms with Crippen LogP contribution in [0.5, 0.6) is 11.5 Å². The van der Waals surface area contributed by atoms with Gasteiger partial charge in [0.05, 0.1) is 26.0 Å². The van der Waals surface area contributed by atoms with E-state index in [1.165, 1.54) is 0 Å². The molecule has 2 heterocycles. The van der Waals surface area contributed by atoms with Gasteiger partial charge in [0, 0.05) is 12.5 Å². The number of azo groups is 1. The van der Waals surface area contributed by atoms with Gasteiger partial charge in [-0.15, -0.1) is 5.11 Å². The summed E-state index contributed by atoms with van der Waals surface area (Å²) in [5.41, 5.74) is 0.749. The zero-order chi connectivity index (χ0) is 17.8. The van der Waals surface area contributed by atoms with Gasteiger partial charge in [0.2, 0.25) is 12.4 Å². The molecule has 1 fully saturated rings. The van der Waals surface area contributed by atoms with Crippen molar-refractivity contribution in [1.82, 2.24) is 0 Å². The summed E-state index contributed by atoms with van der Waals surface area (Å²) in [5.74, 6) is 1.14. The summed E-state index contributed by atoms with van der Waals surface area (Å²) in [6.07, 6.45) is 3.11. The zero-order valence-electron chi connectivity index (χ0n) is 13.3. The van der Waals surface area contributed by atoms with Crippen molar-refractivity contribution in [2.45, 2.75) is 12.5 Å². The van der Waals surface area contributed by atoms with Crippen molar-refractivity contribution in [2.75, 3.05) is 20.3 Å². The van der Waals surface area contributed by atoms with Crippen LogP contribution >= 0.6 is 23.2 Å². The summed E-state index contributed by atoms with van der Waals surface area (Å²) in [6, 6.07) is 5.16. The van der Waals surface area contributed by atoms with Gasteiger partial charge in [-0.1, -0.05) is 23.2 Å². The third-order valence-corrected chi connectivity index (χ3v) is 4.08. The number of pyridine rings is 1. The third-order valence-electron chi connectivity index (χ3n) is 3.53. The van der Waals surface area contributed by atoms with Gasteiger partial charge in [0.25, 0.3) is 0 Å². The van der Waals surface area contributed by atoms with Gasteiger partial charge < -0.3 is 19.4 Å². The molecule has 1 saturated heterocycles. The van der Waals surface area contributed by atoms with Gasteiger partial charge in [-0.2, -0.15) is 9.84 Å². The maximum absolute atomic E-state index is 11.3. The van der Waals surface area contributed by atoms with E-state index in [4.69, 9.17) is 37.4 Å². The minimum Gasteiger partial charge on any atom is -0.619 e. The van der Waals surface area contributed by atoms with Gasteiger partial charge in [-0.25, -0.2) is 0 Å². The first kappa shape index (κ1) is 17.7. The highest BCUT2D eigenvalue weighted by Crippen LogP contribution is 2.36. The first-order chi connectivity index (χ1) is 12.1. The van der Waals surface area contributed by atoms with Crippen molar-refractivity contribution >= 4 is 34.6 Å². The number of ether oxygens (including phenoxy) is 3. The van der Waals surface area contributed by atoms with Crippen molar-refractivity contribution in [2.24, 2.45) is 10.2 Å². The van der Waals surface area contributed by atoms with E-state index >= 15 is 0 Å². The molecule has 0 saturated carbocycles. The smallest absolute Gasteiger partial charge is 0.201 e. The van der Waals surface area contributed by atoms with Crippen LogP contribution in [0.3, 0.4) is 0 Å². The largest absolute Gasteiger partial charge is 0.619 e. The highest BCUT2D eigenvalue weighted by atomic mass is 35.5. The van der Waals surface area contributed by atoms with Gasteiger partial charge in [-0.3, -0.25) is 0 Å². The summed E-state index contributed by atoms with van der Waals surface area (Å²) in [7, 11) is 1.57. The van der Waals surface area contributed by atoms with Crippen LogP contribution in [0.1, 0.15) is 6.42 Å². The summed E-state index contributed by atoms with van der Waals surface area (Å²) >= 11 is 12.0. The topological polar surface area (TPSA) is 79.4 Å². The van der Waals surface area contributed by atoms with E-state index in [2.05, 4.69) is 10.2 Å². The second-order valence-electron chi connectivity index (χ2n) is 5.30. The van der Waals surface area contributed by atoms with Crippen molar-refractivity contribution in [1.29, 1.82) is 0 Å². The molecule has 9 heteroatoms. The Balaban J connectivity index is 1.85. The van der Waals surface area contributed by atoms with Gasteiger partial charge in [0.1, 0.15) is 21.8 Å². The lowest BCUT2D eigenvalue weighted by Crippen LogP contribution is -2.24. The normalized spacial score (nSPS) is 17.2. The van der Waals surface area contributed by atoms with E-state index in [1.54, 1.807) is 25.3 Å². The number of hydrogen-bond donors (Lipinski definition) is 0. The Kier molecular flexibility index (Phi) is 5.57. The number of rotatable bonds is 5. The first-order valence-corrected chi connectivity index (χ1v) is 8.24. The van der Waals surface area contributed by atoms with Gasteiger partial charge in [0.15, 0.2) is 11.5 Å². The van der Waals surface area contributed by atoms with Crippen LogP contribution in [-0.2, 0) is 4.74 Å². The van der Waals surface area contributed by atoms with Crippen molar-refractivity contribution in [3.8, 4) is 11.5 Å². The Bertz CT molecular complexity index is 772. The van der Waals surface area contributed by atoms with E-state index in [9.17, 15) is 5.21 Å². The van der Waals surface area contributed by atoms with E-state index in [-0.39, 0.29) is 21.8 Å². The predicted molar refractivity (Wildman–Crippen MR) is 92.4 cm³/mol. The molecule has 1 aromatic carbocycles. The van der Waals surface area contributed by atoms with E-state index in [0.717, 1.165) is 18.8 Å². The summed E-state index contributed by atoms with van der Waals surface area (Å²) in [4.78, 5) is 0. The minimum atomic E-state index is -0.0217. The van der Waals surface area contributed by atoms with Gasteiger partial charge >= 0.3 is 0 Å². The van der Waals surface area contributed by atoms with Crippen LogP contribution in [0.2, 0.25) is 10.0 Å². The molecule has 25 heavy (non-hydrogen) atoms. The summed E-state index contributed by atoms with van der Waals surface area (Å²) in [5, 5.41) is 19.6. The Labute approximate surface area is 154 Å². The average molecular weight is 384 g/mol. The van der Waals surface area contributed by atoms with Crippen LogP contribution in [0, 0.1) is 5.21 Å². The molecule has 0 aliphatic carbocycles. The molecule has 1 unspecified atom stereocenters. The number of benzene rings is 1. The highest BCUT2D eigenvalue weighted by molar-refractivity contribution is 6.38. The number of aromatic nitrogens is 1. The standard InChI is InChI=1S/C16H15Cl2N3O4/c1-23-14-3-2-10(6-15(14)25-11-4-5-24-9-11)19-20-16-12(17)7-21(22)8-13(16)18/h2-3,6-8,11H,4-5,9H2,1H3/b20-19+. The molecule has 0 N–H and O–H groups in total. The lowest BCUT2D eigenvalue weighted by Gasteiger charge is -2.15. The lowest BCUT2D eigenvalue weighted by molar-refractivity contribution is -0.605. The van der Waals surface area contributed by atoms with Gasteiger partial charge in [-0.05, 0) is 12.1 Å². The molecule has 1 atom stereocenters. The Morgan fingerprint density at radius 2 is 1.96 bits per heavy atom. The molecular formula is C16H15Cl2N3O4. The lowest BCUT2D eigenvalue weighted by atomic mass is 10.2. The number of nitrogens with zero attached hydrogens (tertiary/aromatic N) is 3. The summed E-state index contributed by atoms with van der Waals surface area (Å²) in [6.45, 7) is 1.22. The third kappa shape index (κ3) is 4.31. The Morgan fingerprint density at radius 3 is 2.60 bits per heavy atom. The number of methoxy groups -OCH3 is 1. The molecule has 0 radical (unpaired) electrons. The van der Waals surface area contributed by atoms with Crippen molar-refractivity contribution < 1.29 is 18.9 Å². The summed E-state index contributed by atoms with van der Waals surface area (Å²) < 4.78 is 17.0. The van der Waals surface area contributed by atoms with E-state index < -0.39 is 0 Å². The van der Waals surface area contributed by atoms with E-state index in [1.807, 2.05) is 0 Å². The molecule has 1 aromatic heterocycles. The maximum atomic E-state index is 11.3. The minimum absolute atomic E-state index is 0.0217. The SMILES string of the molecule is COc1ccc(/N=N/c2c(Cl)c[n+]([O-])cc2Cl)cc1OC1CCOC1. The highest BCUT2D eigenvalue weighted by Gasteiger charge is 2.19. The maximum Gasteiger partial charge on any atom is 0.201 e. The second-order valence-corrected chi connectivity index (χ2v) is 6.12. The number of hydrogen-bond acceptors (Lipinski definition) is 6. The molecule has 7 nitrogen and oxygen atoms in total. The van der Waals surface area contributed by atoms with E-state index in [0.29, 0.717) is 35.1 Å². The molecule has 1 aliphatic heterocycles. The molecular weight excluding hydrogens is 369 g/mol. The fourth-order valence-electron chi connectivity index (χ4n) is 2.31. The first-order valence-electron chi connectivity index (χ1n) is 7.49. The van der Waals surface area contributed by atoms with Crippen LogP contribution in [0.4, 0.5) is 11.4 Å². The van der Waals surface area contributed by atoms with Crippen molar-refractivity contribution in [3.05, 3.63) is 45.8 Å². The van der Waals surface area contributed by atoms with Crippen LogP contribution in [0.15, 0.2) is 40.8 Å². The number of halogens is 2. The molecule has 0 spiro atoms. The predicted octanol–water partition coefficient (Wildman–Crippen LogP) is 4.22. The fourth-order valence-corrected chi connectivity index (χ4v) is 2.83. The zero-order valence-corrected chi connectivity index (χ0v) is 14.8. The molecule has 0 bridgehead atoms. The van der Waals surface area contributed by atoms with Crippen LogP contribution in [0.25, 0.3) is 0 Å². The molecule has 1 aliphatic rings. The monoisotopic (exact) mass is 383 g/mol. The molecule has 2 aromatic rings. The van der Waals surface area contributed by atoms with Crippen LogP contribution < -0.4 is 14.2 Å². The van der Waals surface area contributed by atoms with Crippen LogP contribution in [-0.4, -0.2) is 26.4 Å². The fraction of sp³-hybridized carbons (Fsp3) is 0.312. The molecule has 3 rings (SSSR count).